The quantitative estimate of drug-likeness (QED) is 0.891. The third kappa shape index (κ3) is 3.55. The van der Waals surface area contributed by atoms with Gasteiger partial charge in [0.25, 0.3) is 5.91 Å². The van der Waals surface area contributed by atoms with Crippen LogP contribution >= 0.6 is 0 Å². The first-order valence-corrected chi connectivity index (χ1v) is 6.11. The Labute approximate surface area is 112 Å². The Morgan fingerprint density at radius 2 is 2.11 bits per heavy atom. The van der Waals surface area contributed by atoms with Crippen molar-refractivity contribution in [3.8, 4) is 5.75 Å². The first kappa shape index (κ1) is 13.1. The largest absolute Gasteiger partial charge is 0.496 e. The Hall–Kier alpha value is -2.36. The van der Waals surface area contributed by atoms with Crippen molar-refractivity contribution in [1.82, 2.24) is 10.3 Å². The molecule has 4 nitrogen and oxygen atoms in total. The Kier molecular flexibility index (Phi) is 4.50. The molecule has 0 atom stereocenters. The second-order valence-corrected chi connectivity index (χ2v) is 4.06. The number of hydrogen-bond acceptors (Lipinski definition) is 3. The zero-order valence-corrected chi connectivity index (χ0v) is 10.8. The van der Waals surface area contributed by atoms with Gasteiger partial charge in [-0.25, -0.2) is 0 Å². The van der Waals surface area contributed by atoms with Gasteiger partial charge in [-0.1, -0.05) is 18.2 Å². The number of pyridine rings is 1. The average molecular weight is 256 g/mol. The lowest BCUT2D eigenvalue weighted by Gasteiger charge is -2.09. The van der Waals surface area contributed by atoms with Crippen LogP contribution in [0.3, 0.4) is 0 Å². The molecule has 4 heteroatoms. The van der Waals surface area contributed by atoms with Gasteiger partial charge in [0, 0.05) is 18.9 Å². The molecule has 0 spiro atoms. The fourth-order valence-electron chi connectivity index (χ4n) is 1.82. The van der Waals surface area contributed by atoms with Gasteiger partial charge in [-0.05, 0) is 30.2 Å². The summed E-state index contributed by atoms with van der Waals surface area (Å²) in [6.07, 6.45) is 3.93. The van der Waals surface area contributed by atoms with E-state index in [1.165, 1.54) is 0 Å². The number of rotatable bonds is 5. The normalized spacial score (nSPS) is 9.95. The van der Waals surface area contributed by atoms with E-state index < -0.39 is 0 Å². The SMILES string of the molecule is COc1ccccc1CCNC(=O)c1cccnc1. The highest BCUT2D eigenvalue weighted by molar-refractivity contribution is 5.93. The number of hydrogen-bond donors (Lipinski definition) is 1. The van der Waals surface area contributed by atoms with Gasteiger partial charge in [0.15, 0.2) is 0 Å². The van der Waals surface area contributed by atoms with Crippen LogP contribution in [0.15, 0.2) is 48.8 Å². The topological polar surface area (TPSA) is 51.2 Å². The minimum atomic E-state index is -0.108. The minimum absolute atomic E-state index is 0.108. The number of para-hydroxylation sites is 1. The van der Waals surface area contributed by atoms with Gasteiger partial charge in [-0.2, -0.15) is 0 Å². The van der Waals surface area contributed by atoms with Crippen molar-refractivity contribution in [3.63, 3.8) is 0 Å². The number of ether oxygens (including phenoxy) is 1. The number of benzene rings is 1. The van der Waals surface area contributed by atoms with Crippen LogP contribution in [0.1, 0.15) is 15.9 Å². The molecule has 1 amide bonds. The number of nitrogens with one attached hydrogen (secondary N) is 1. The lowest BCUT2D eigenvalue weighted by atomic mass is 10.1. The van der Waals surface area contributed by atoms with E-state index >= 15 is 0 Å². The predicted octanol–water partition coefficient (Wildman–Crippen LogP) is 2.06. The molecule has 0 bridgehead atoms. The van der Waals surface area contributed by atoms with Crippen LogP contribution < -0.4 is 10.1 Å². The third-order valence-electron chi connectivity index (χ3n) is 2.80. The zero-order chi connectivity index (χ0) is 13.5. The highest BCUT2D eigenvalue weighted by Gasteiger charge is 2.05. The first-order chi connectivity index (χ1) is 9.31. The Bertz CT molecular complexity index is 541. The Morgan fingerprint density at radius 3 is 2.84 bits per heavy atom. The maximum absolute atomic E-state index is 11.8. The highest BCUT2D eigenvalue weighted by Crippen LogP contribution is 2.17. The molecule has 0 saturated heterocycles. The van der Waals surface area contributed by atoms with Crippen molar-refractivity contribution >= 4 is 5.91 Å². The van der Waals surface area contributed by atoms with Gasteiger partial charge in [0.1, 0.15) is 5.75 Å². The zero-order valence-electron chi connectivity index (χ0n) is 10.8. The van der Waals surface area contributed by atoms with Crippen molar-refractivity contribution in [2.75, 3.05) is 13.7 Å². The molecule has 2 aromatic rings. The van der Waals surface area contributed by atoms with Gasteiger partial charge in [0.2, 0.25) is 0 Å². The molecule has 1 N–H and O–H groups in total. The summed E-state index contributed by atoms with van der Waals surface area (Å²) in [5, 5.41) is 2.86. The van der Waals surface area contributed by atoms with Crippen LogP contribution in [0.25, 0.3) is 0 Å². The van der Waals surface area contributed by atoms with Gasteiger partial charge < -0.3 is 10.1 Å². The molecule has 1 aromatic heterocycles. The summed E-state index contributed by atoms with van der Waals surface area (Å²) >= 11 is 0. The van der Waals surface area contributed by atoms with E-state index in [4.69, 9.17) is 4.74 Å². The van der Waals surface area contributed by atoms with E-state index in [0.29, 0.717) is 12.1 Å². The number of amides is 1. The molecule has 19 heavy (non-hydrogen) atoms. The lowest BCUT2D eigenvalue weighted by Crippen LogP contribution is -2.25. The summed E-state index contributed by atoms with van der Waals surface area (Å²) in [6.45, 7) is 0.564. The number of carbonyl (C=O) groups is 1. The second-order valence-electron chi connectivity index (χ2n) is 4.06. The van der Waals surface area contributed by atoms with Crippen molar-refractivity contribution in [3.05, 3.63) is 59.9 Å². The molecule has 0 unspecified atom stereocenters. The van der Waals surface area contributed by atoms with E-state index in [1.807, 2.05) is 24.3 Å². The van der Waals surface area contributed by atoms with Crippen LogP contribution in [0.2, 0.25) is 0 Å². The maximum atomic E-state index is 11.8. The summed E-state index contributed by atoms with van der Waals surface area (Å²) in [7, 11) is 1.65. The van der Waals surface area contributed by atoms with Crippen LogP contribution in [-0.4, -0.2) is 24.5 Å². The number of nitrogens with zero attached hydrogens (tertiary/aromatic N) is 1. The van der Waals surface area contributed by atoms with E-state index in [2.05, 4.69) is 10.3 Å². The first-order valence-electron chi connectivity index (χ1n) is 6.11. The molecule has 0 aliphatic carbocycles. The van der Waals surface area contributed by atoms with E-state index in [9.17, 15) is 4.79 Å². The fourth-order valence-corrected chi connectivity index (χ4v) is 1.82. The van der Waals surface area contributed by atoms with E-state index in [-0.39, 0.29) is 5.91 Å². The summed E-state index contributed by atoms with van der Waals surface area (Å²) in [5.41, 5.74) is 1.65. The average Bonchev–Trinajstić information content (AvgIpc) is 2.48. The van der Waals surface area contributed by atoms with Gasteiger partial charge in [-0.15, -0.1) is 0 Å². The van der Waals surface area contributed by atoms with Crippen LogP contribution in [0.5, 0.6) is 5.75 Å². The Morgan fingerprint density at radius 1 is 1.26 bits per heavy atom. The van der Waals surface area contributed by atoms with Crippen LogP contribution in [0, 0.1) is 0 Å². The molecule has 0 fully saturated rings. The maximum Gasteiger partial charge on any atom is 0.252 e. The number of aromatic nitrogens is 1. The Balaban J connectivity index is 1.88. The molecule has 0 radical (unpaired) electrons. The van der Waals surface area contributed by atoms with E-state index in [0.717, 1.165) is 17.7 Å². The lowest BCUT2D eigenvalue weighted by molar-refractivity contribution is 0.0953. The standard InChI is InChI=1S/C15H16N2O2/c1-19-14-7-3-2-5-12(14)8-10-17-15(18)13-6-4-9-16-11-13/h2-7,9,11H,8,10H2,1H3,(H,17,18). The molecular weight excluding hydrogens is 240 g/mol. The minimum Gasteiger partial charge on any atom is -0.496 e. The predicted molar refractivity (Wildman–Crippen MR) is 73.3 cm³/mol. The van der Waals surface area contributed by atoms with Gasteiger partial charge >= 0.3 is 0 Å². The summed E-state index contributed by atoms with van der Waals surface area (Å²) in [4.78, 5) is 15.7. The van der Waals surface area contributed by atoms with Crippen molar-refractivity contribution in [2.24, 2.45) is 0 Å². The summed E-state index contributed by atoms with van der Waals surface area (Å²) in [5.74, 6) is 0.737. The molecular formula is C15H16N2O2. The van der Waals surface area contributed by atoms with E-state index in [1.54, 1.807) is 31.6 Å². The summed E-state index contributed by atoms with van der Waals surface area (Å²) < 4.78 is 5.26. The molecule has 1 aromatic carbocycles. The third-order valence-corrected chi connectivity index (χ3v) is 2.80. The van der Waals surface area contributed by atoms with Crippen LogP contribution in [0.4, 0.5) is 0 Å². The highest BCUT2D eigenvalue weighted by atomic mass is 16.5. The number of methoxy groups -OCH3 is 1. The fraction of sp³-hybridized carbons (Fsp3) is 0.200. The molecule has 2 rings (SSSR count). The molecule has 1 heterocycles. The molecule has 0 saturated carbocycles. The van der Waals surface area contributed by atoms with Gasteiger partial charge in [0.05, 0.1) is 12.7 Å². The monoisotopic (exact) mass is 256 g/mol. The van der Waals surface area contributed by atoms with Crippen molar-refractivity contribution in [2.45, 2.75) is 6.42 Å². The molecule has 0 aliphatic heterocycles. The van der Waals surface area contributed by atoms with Gasteiger partial charge in [-0.3, -0.25) is 9.78 Å². The smallest absolute Gasteiger partial charge is 0.252 e. The molecule has 0 aliphatic rings. The summed E-state index contributed by atoms with van der Waals surface area (Å²) in [6, 6.07) is 11.3. The second kappa shape index (κ2) is 6.54. The van der Waals surface area contributed by atoms with Crippen molar-refractivity contribution < 1.29 is 9.53 Å². The van der Waals surface area contributed by atoms with Crippen molar-refractivity contribution in [1.29, 1.82) is 0 Å². The number of carbonyl (C=O) groups excluding carboxylic acids is 1. The molecule has 98 valence electrons. The van der Waals surface area contributed by atoms with Crippen LogP contribution in [-0.2, 0) is 6.42 Å².